The van der Waals surface area contributed by atoms with Crippen LogP contribution < -0.4 is 9.79 Å². The van der Waals surface area contributed by atoms with Gasteiger partial charge in [0.25, 0.3) is 0 Å². The van der Waals surface area contributed by atoms with Crippen molar-refractivity contribution in [3.05, 3.63) is 0 Å². The van der Waals surface area contributed by atoms with Gasteiger partial charge >= 0.3 is 244 Å². The summed E-state index contributed by atoms with van der Waals surface area (Å²) in [4.78, 5) is 61.4. The van der Waals surface area contributed by atoms with Crippen LogP contribution in [0, 0.1) is 0 Å². The third kappa shape index (κ3) is 29.4. The summed E-state index contributed by atoms with van der Waals surface area (Å²) in [6.45, 7) is 0.632. The molecule has 0 saturated heterocycles. The maximum atomic E-state index is 10.8. The molecule has 0 atom stereocenters. The third-order valence-electron chi connectivity index (χ3n) is 1.55. The molecule has 0 aromatic carbocycles. The van der Waals surface area contributed by atoms with Gasteiger partial charge in [-0.3, -0.25) is 0 Å². The first-order valence-electron chi connectivity index (χ1n) is 6.84. The molecule has 11 nitrogen and oxygen atoms in total. The molecule has 0 spiro atoms. The summed E-state index contributed by atoms with van der Waals surface area (Å²) >= 11 is 58.6. The van der Waals surface area contributed by atoms with E-state index in [1.165, 1.54) is 0 Å². The van der Waals surface area contributed by atoms with Crippen molar-refractivity contribution in [2.24, 2.45) is 0 Å². The molecular formula is C9H3Al2Cl12O11P. The molecule has 0 aromatic heterocycles. The average Bonchev–Trinajstić information content (AvgIpc) is 2.57. The Morgan fingerprint density at radius 3 is 0.743 bits per heavy atom. The van der Waals surface area contributed by atoms with Crippen molar-refractivity contribution in [2.75, 3.05) is 6.66 Å². The van der Waals surface area contributed by atoms with E-state index < -0.39 is 78.4 Å². The Kier molecular flexibility index (Phi) is 21.7. The van der Waals surface area contributed by atoms with Crippen LogP contribution in [0.5, 0.6) is 0 Å². The second-order valence-corrected chi connectivity index (χ2v) is 16.6. The third-order valence-corrected chi connectivity index (χ3v) is 4.64. The zero-order chi connectivity index (χ0) is 29.1. The van der Waals surface area contributed by atoms with Gasteiger partial charge < -0.3 is 14.4 Å². The van der Waals surface area contributed by atoms with Crippen molar-refractivity contribution in [1.29, 1.82) is 0 Å². The van der Waals surface area contributed by atoms with E-state index in [1.54, 1.807) is 0 Å². The Morgan fingerprint density at radius 2 is 0.657 bits per heavy atom. The Balaban J connectivity index is -0.000000491. The van der Waals surface area contributed by atoms with E-state index >= 15 is 0 Å². The molecule has 0 aliphatic heterocycles. The molecule has 0 saturated carbocycles. The topological polar surface area (TPSA) is 168 Å². The van der Waals surface area contributed by atoms with E-state index in [0.29, 0.717) is 6.66 Å². The van der Waals surface area contributed by atoms with Gasteiger partial charge in [0, 0.05) is 0 Å². The zero-order valence-electron chi connectivity index (χ0n) is 15.6. The normalized spacial score (nSPS) is 11.6. The average molecular weight is 797 g/mol. The van der Waals surface area contributed by atoms with Crippen molar-refractivity contribution in [3.8, 4) is 0 Å². The minimum absolute atomic E-state index is 0.632. The molecule has 35 heavy (non-hydrogen) atoms. The van der Waals surface area contributed by atoms with Gasteiger partial charge in [0.2, 0.25) is 0 Å². The Labute approximate surface area is 270 Å². The quantitative estimate of drug-likeness (QED) is 0.233. The second kappa shape index (κ2) is 18.1. The number of alkyl halides is 12. The van der Waals surface area contributed by atoms with E-state index in [0.717, 1.165) is 0 Å². The molecule has 0 aromatic rings. The number of carbonyl (C=O) groups is 4. The first-order chi connectivity index (χ1) is 15.1. The zero-order valence-corrected chi connectivity index (χ0v) is 27.9. The molecule has 0 radical (unpaired) electrons. The van der Waals surface area contributed by atoms with Gasteiger partial charge in [0.1, 0.15) is 0 Å². The van der Waals surface area contributed by atoms with Crippen molar-refractivity contribution in [3.63, 3.8) is 0 Å². The SMILES string of the molecule is CP(=O)([O-])[O-].O=C([O][Al+][O]C(=O)C(Cl)(Cl)Cl)C(Cl)(Cl)Cl.O=C([O][Al+][O]C(=O)C(Cl)(Cl)Cl)C(Cl)(Cl)Cl. The Morgan fingerprint density at radius 1 is 0.543 bits per heavy atom. The van der Waals surface area contributed by atoms with Gasteiger partial charge in [-0.2, -0.15) is 0 Å². The molecule has 0 heterocycles. The molecule has 0 aliphatic carbocycles. The number of halogens is 12. The van der Waals surface area contributed by atoms with Gasteiger partial charge in [-0.25, -0.2) is 0 Å². The molecule has 0 amide bonds. The molecule has 0 rings (SSSR count). The van der Waals surface area contributed by atoms with Crippen LogP contribution in [0.1, 0.15) is 0 Å². The van der Waals surface area contributed by atoms with Crippen molar-refractivity contribution < 1.29 is 48.7 Å². The van der Waals surface area contributed by atoms with Crippen molar-refractivity contribution >= 4 is 202 Å². The summed E-state index contributed by atoms with van der Waals surface area (Å²) in [6, 6.07) is 0. The monoisotopic (exact) mass is 792 g/mol. The van der Waals surface area contributed by atoms with Gasteiger partial charge in [0.05, 0.1) is 0 Å². The van der Waals surface area contributed by atoms with Gasteiger partial charge in [-0.05, 0) is 6.66 Å². The maximum absolute atomic E-state index is 10.8. The summed E-state index contributed by atoms with van der Waals surface area (Å²) in [7, 11) is -4.14. The molecule has 0 bridgehead atoms. The number of carbonyl (C=O) groups excluding carboxylic acids is 4. The minimum atomic E-state index is -4.14. The van der Waals surface area contributed by atoms with Crippen LogP contribution >= 0.6 is 147 Å². The summed E-state index contributed by atoms with van der Waals surface area (Å²) in [5, 5.41) is 0. The Hall–Kier alpha value is 2.57. The number of rotatable bonds is 4. The molecule has 0 N–H and O–H groups in total. The second-order valence-electron chi connectivity index (χ2n) is 4.58. The van der Waals surface area contributed by atoms with Crippen molar-refractivity contribution in [1.82, 2.24) is 0 Å². The molecule has 200 valence electrons. The molecular weight excluding hydrogens is 794 g/mol. The fourth-order valence-electron chi connectivity index (χ4n) is 0.490. The first-order valence-corrected chi connectivity index (χ1v) is 15.2. The van der Waals surface area contributed by atoms with E-state index in [-0.39, 0.29) is 0 Å². The predicted molar refractivity (Wildman–Crippen MR) is 131 cm³/mol. The van der Waals surface area contributed by atoms with Crippen LogP contribution in [-0.2, 0) is 38.9 Å². The van der Waals surface area contributed by atoms with E-state index in [1.807, 2.05) is 0 Å². The number of hydrogen-bond acceptors (Lipinski definition) is 11. The van der Waals surface area contributed by atoms with E-state index in [2.05, 4.69) is 15.2 Å². The van der Waals surface area contributed by atoms with Crippen molar-refractivity contribution in [2.45, 2.75) is 15.2 Å². The van der Waals surface area contributed by atoms with Gasteiger partial charge in [-0.1, -0.05) is 7.60 Å². The predicted octanol–water partition coefficient (Wildman–Crippen LogP) is 3.22. The van der Waals surface area contributed by atoms with E-state index in [9.17, 15) is 19.2 Å². The first kappa shape index (κ1) is 42.0. The van der Waals surface area contributed by atoms with Gasteiger partial charge in [0.15, 0.2) is 0 Å². The van der Waals surface area contributed by atoms with Crippen LogP contribution in [-0.4, -0.2) is 77.5 Å². The molecule has 0 fully saturated rings. The van der Waals surface area contributed by atoms with Crippen LogP contribution in [0.4, 0.5) is 0 Å². The van der Waals surface area contributed by atoms with E-state index in [4.69, 9.17) is 154 Å². The summed E-state index contributed by atoms with van der Waals surface area (Å²) in [5.74, 6) is -4.72. The van der Waals surface area contributed by atoms with Crippen LogP contribution in [0.3, 0.4) is 0 Å². The van der Waals surface area contributed by atoms with Crippen LogP contribution in [0.2, 0.25) is 0 Å². The molecule has 26 heteroatoms. The van der Waals surface area contributed by atoms with Crippen LogP contribution in [0.25, 0.3) is 0 Å². The summed E-state index contributed by atoms with van der Waals surface area (Å²) < 4.78 is 17.4. The fourth-order valence-corrected chi connectivity index (χ4v) is 3.07. The fraction of sp³-hybridized carbons (Fsp3) is 0.556. The molecule has 0 aliphatic rings. The molecule has 0 unspecified atom stereocenters. The standard InChI is InChI=1S/4C2HCl3O2.CH5O3P.2Al/c4*3-2(4,5)1(6)7;1-5(2,3)4;;/h4*(H,6,7);1H3,(H2,2,3,4);;/q;;;;;2*+3/p-6. The van der Waals surface area contributed by atoms with Crippen LogP contribution in [0.15, 0.2) is 0 Å². The summed E-state index contributed by atoms with van der Waals surface area (Å²) in [6.07, 6.45) is 0. The number of hydrogen-bond donors (Lipinski definition) is 0. The Bertz CT molecular complexity index is 656. The summed E-state index contributed by atoms with van der Waals surface area (Å²) in [5.41, 5.74) is 0. The van der Waals surface area contributed by atoms with Gasteiger partial charge in [-0.15, -0.1) is 0 Å².